The molecule has 0 N–H and O–H groups in total. The summed E-state index contributed by atoms with van der Waals surface area (Å²) in [6, 6.07) is 0. The topological polar surface area (TPSA) is 43.4 Å². The zero-order valence-electron chi connectivity index (χ0n) is 8.20. The van der Waals surface area contributed by atoms with Crippen molar-refractivity contribution in [2.24, 2.45) is 5.92 Å². The van der Waals surface area contributed by atoms with E-state index in [9.17, 15) is 8.42 Å². The molecular weight excluding hydrogens is 176 g/mol. The first kappa shape index (κ1) is 11.9. The van der Waals surface area contributed by atoms with Crippen LogP contribution in [0.1, 0.15) is 34.1 Å². The Morgan fingerprint density at radius 2 is 1.75 bits per heavy atom. The maximum atomic E-state index is 11.1. The Labute approximate surface area is 75.2 Å². The van der Waals surface area contributed by atoms with Gasteiger partial charge in [0.15, 0.2) is 0 Å². The molecule has 0 aromatic carbocycles. The standard InChI is InChI=1S/C8H18O3S/c1-5-8(7(3)4)11-12(9,10)6-2/h7-8H,5-6H2,1-4H3. The van der Waals surface area contributed by atoms with Crippen LogP contribution in [0.15, 0.2) is 0 Å². The Bertz CT molecular complexity index is 206. The van der Waals surface area contributed by atoms with Crippen molar-refractivity contribution in [3.8, 4) is 0 Å². The molecule has 12 heavy (non-hydrogen) atoms. The molecule has 0 saturated carbocycles. The lowest BCUT2D eigenvalue weighted by Crippen LogP contribution is -2.23. The third-order valence-electron chi connectivity index (χ3n) is 1.77. The SMILES string of the molecule is CCC(OS(=O)(=O)CC)C(C)C. The Morgan fingerprint density at radius 3 is 2.00 bits per heavy atom. The van der Waals surface area contributed by atoms with E-state index >= 15 is 0 Å². The van der Waals surface area contributed by atoms with Crippen LogP contribution in [0.4, 0.5) is 0 Å². The van der Waals surface area contributed by atoms with Gasteiger partial charge in [-0.1, -0.05) is 20.8 Å². The second-order valence-corrected chi connectivity index (χ2v) is 5.02. The van der Waals surface area contributed by atoms with Gasteiger partial charge in [0.2, 0.25) is 0 Å². The summed E-state index contributed by atoms with van der Waals surface area (Å²) in [5, 5.41) is 0. The van der Waals surface area contributed by atoms with Crippen LogP contribution in [-0.2, 0) is 14.3 Å². The van der Waals surface area contributed by atoms with Crippen molar-refractivity contribution in [2.45, 2.75) is 40.2 Å². The molecule has 3 nitrogen and oxygen atoms in total. The summed E-state index contributed by atoms with van der Waals surface area (Å²) in [6.07, 6.45) is 0.562. The molecule has 0 fully saturated rings. The van der Waals surface area contributed by atoms with Crippen molar-refractivity contribution in [3.63, 3.8) is 0 Å². The minimum atomic E-state index is -3.28. The molecule has 0 aromatic heterocycles. The van der Waals surface area contributed by atoms with Crippen LogP contribution in [0.25, 0.3) is 0 Å². The molecule has 0 aromatic rings. The van der Waals surface area contributed by atoms with Gasteiger partial charge in [-0.05, 0) is 19.3 Å². The zero-order chi connectivity index (χ0) is 9.78. The highest BCUT2D eigenvalue weighted by Gasteiger charge is 2.18. The molecule has 0 heterocycles. The van der Waals surface area contributed by atoms with Crippen LogP contribution in [0.2, 0.25) is 0 Å². The normalized spacial score (nSPS) is 15.1. The Morgan fingerprint density at radius 1 is 1.25 bits per heavy atom. The highest BCUT2D eigenvalue weighted by molar-refractivity contribution is 7.86. The lowest BCUT2D eigenvalue weighted by molar-refractivity contribution is 0.155. The van der Waals surface area contributed by atoms with Crippen molar-refractivity contribution in [1.82, 2.24) is 0 Å². The Balaban J connectivity index is 4.22. The monoisotopic (exact) mass is 194 g/mol. The summed E-state index contributed by atoms with van der Waals surface area (Å²) in [5.74, 6) is 0.298. The van der Waals surface area contributed by atoms with E-state index in [-0.39, 0.29) is 17.8 Å². The fourth-order valence-electron chi connectivity index (χ4n) is 0.907. The van der Waals surface area contributed by atoms with Gasteiger partial charge in [-0.25, -0.2) is 0 Å². The first-order valence-corrected chi connectivity index (χ1v) is 5.91. The summed E-state index contributed by atoms with van der Waals surface area (Å²) < 4.78 is 27.1. The molecule has 0 spiro atoms. The van der Waals surface area contributed by atoms with Gasteiger partial charge in [0.1, 0.15) is 0 Å². The molecule has 0 saturated heterocycles. The van der Waals surface area contributed by atoms with E-state index in [4.69, 9.17) is 4.18 Å². The molecule has 1 unspecified atom stereocenters. The number of hydrogen-bond donors (Lipinski definition) is 0. The molecule has 0 radical (unpaired) electrons. The predicted molar refractivity (Wildman–Crippen MR) is 49.5 cm³/mol. The van der Waals surface area contributed by atoms with Gasteiger partial charge in [-0.3, -0.25) is 4.18 Å². The summed E-state index contributed by atoms with van der Waals surface area (Å²) in [6.45, 7) is 7.43. The van der Waals surface area contributed by atoms with Crippen molar-refractivity contribution < 1.29 is 12.6 Å². The lowest BCUT2D eigenvalue weighted by Gasteiger charge is -2.18. The molecule has 0 rings (SSSR count). The van der Waals surface area contributed by atoms with Crippen LogP contribution >= 0.6 is 0 Å². The van der Waals surface area contributed by atoms with E-state index in [1.165, 1.54) is 0 Å². The quantitative estimate of drug-likeness (QED) is 0.627. The summed E-state index contributed by atoms with van der Waals surface area (Å²) in [7, 11) is -3.28. The second kappa shape index (κ2) is 4.82. The van der Waals surface area contributed by atoms with E-state index in [2.05, 4.69) is 0 Å². The van der Waals surface area contributed by atoms with Crippen molar-refractivity contribution in [1.29, 1.82) is 0 Å². The van der Waals surface area contributed by atoms with Gasteiger partial charge in [0.05, 0.1) is 11.9 Å². The second-order valence-electron chi connectivity index (χ2n) is 3.13. The minimum absolute atomic E-state index is 0.0518. The molecule has 0 amide bonds. The summed E-state index contributed by atoms with van der Waals surface area (Å²) in [4.78, 5) is 0. The molecule has 0 aliphatic carbocycles. The van der Waals surface area contributed by atoms with Crippen molar-refractivity contribution >= 4 is 10.1 Å². The zero-order valence-corrected chi connectivity index (χ0v) is 9.02. The number of rotatable bonds is 5. The Kier molecular flexibility index (Phi) is 4.78. The van der Waals surface area contributed by atoms with Crippen LogP contribution in [0, 0.1) is 5.92 Å². The lowest BCUT2D eigenvalue weighted by atomic mass is 10.1. The highest BCUT2D eigenvalue weighted by Crippen LogP contribution is 2.13. The molecule has 0 aliphatic heterocycles. The van der Waals surface area contributed by atoms with Gasteiger partial charge in [-0.15, -0.1) is 0 Å². The van der Waals surface area contributed by atoms with Crippen LogP contribution in [0.5, 0.6) is 0 Å². The maximum absolute atomic E-state index is 11.1. The van der Waals surface area contributed by atoms with Crippen LogP contribution in [0.3, 0.4) is 0 Å². The molecule has 1 atom stereocenters. The average molecular weight is 194 g/mol. The van der Waals surface area contributed by atoms with Gasteiger partial charge in [-0.2, -0.15) is 8.42 Å². The van der Waals surface area contributed by atoms with Crippen molar-refractivity contribution in [3.05, 3.63) is 0 Å². The summed E-state index contributed by atoms with van der Waals surface area (Å²) >= 11 is 0. The minimum Gasteiger partial charge on any atom is -0.267 e. The molecule has 0 bridgehead atoms. The van der Waals surface area contributed by atoms with Gasteiger partial charge in [0.25, 0.3) is 10.1 Å². The van der Waals surface area contributed by atoms with E-state index in [0.717, 1.165) is 6.42 Å². The van der Waals surface area contributed by atoms with Gasteiger partial charge >= 0.3 is 0 Å². The number of hydrogen-bond acceptors (Lipinski definition) is 3. The first-order chi connectivity index (χ1) is 5.43. The van der Waals surface area contributed by atoms with E-state index < -0.39 is 10.1 Å². The molecular formula is C8H18O3S. The first-order valence-electron chi connectivity index (χ1n) is 4.33. The summed E-state index contributed by atoms with van der Waals surface area (Å²) in [5.41, 5.74) is 0. The van der Waals surface area contributed by atoms with E-state index in [1.54, 1.807) is 6.92 Å². The van der Waals surface area contributed by atoms with E-state index in [1.807, 2.05) is 20.8 Å². The largest absolute Gasteiger partial charge is 0.267 e. The van der Waals surface area contributed by atoms with Gasteiger partial charge < -0.3 is 0 Å². The van der Waals surface area contributed by atoms with Gasteiger partial charge in [0, 0.05) is 0 Å². The Hall–Kier alpha value is -0.0900. The molecule has 0 aliphatic rings. The van der Waals surface area contributed by atoms with Crippen LogP contribution < -0.4 is 0 Å². The fourth-order valence-corrected chi connectivity index (χ4v) is 1.78. The maximum Gasteiger partial charge on any atom is 0.267 e. The highest BCUT2D eigenvalue weighted by atomic mass is 32.2. The van der Waals surface area contributed by atoms with E-state index in [0.29, 0.717) is 0 Å². The van der Waals surface area contributed by atoms with Crippen molar-refractivity contribution in [2.75, 3.05) is 5.75 Å². The third-order valence-corrected chi connectivity index (χ3v) is 3.02. The van der Waals surface area contributed by atoms with Crippen LogP contribution in [-0.4, -0.2) is 20.3 Å². The average Bonchev–Trinajstić information content (AvgIpc) is 2.00. The molecule has 4 heteroatoms. The third kappa shape index (κ3) is 4.07. The predicted octanol–water partition coefficient (Wildman–Crippen LogP) is 1.79. The smallest absolute Gasteiger partial charge is 0.267 e. The molecule has 74 valence electrons. The fraction of sp³-hybridized carbons (Fsp3) is 1.00.